The predicted molar refractivity (Wildman–Crippen MR) is 143 cm³/mol. The largest absolute Gasteiger partial charge is 0.457 e. The average molecular weight is 571 g/mol. The Morgan fingerprint density at radius 3 is 2.39 bits per heavy atom. The number of benzene rings is 3. The minimum Gasteiger partial charge on any atom is -0.457 e. The van der Waals surface area contributed by atoms with Crippen LogP contribution in [-0.4, -0.2) is 15.8 Å². The Bertz CT molecular complexity index is 1410. The summed E-state index contributed by atoms with van der Waals surface area (Å²) in [6.45, 7) is 5.31. The number of esters is 1. The lowest BCUT2D eigenvalue weighted by molar-refractivity contribution is -0.120. The lowest BCUT2D eigenvalue weighted by atomic mass is 9.94. The number of hydrogen-bond donors (Lipinski definition) is 1. The number of carbonyl (C=O) groups excluding carboxylic acids is 2. The van der Waals surface area contributed by atoms with Crippen LogP contribution in [0.5, 0.6) is 11.6 Å². The summed E-state index contributed by atoms with van der Waals surface area (Å²) in [7, 11) is 0. The Hall–Kier alpha value is -3.30. The molecule has 186 valence electrons. The normalized spacial score (nSPS) is 11.4. The molecule has 0 aliphatic heterocycles. The zero-order valence-corrected chi connectivity index (χ0v) is 22.3. The van der Waals surface area contributed by atoms with Crippen LogP contribution in [0.25, 0.3) is 10.9 Å². The van der Waals surface area contributed by atoms with Crippen molar-refractivity contribution in [1.82, 2.24) is 9.29 Å². The molecular formula is C27H24BrFN2O4S. The molecule has 1 N–H and O–H groups in total. The van der Waals surface area contributed by atoms with Crippen LogP contribution in [0.15, 0.2) is 77.3 Å². The topological polar surface area (TPSA) is 69.6 Å². The Morgan fingerprint density at radius 2 is 1.75 bits per heavy atom. The van der Waals surface area contributed by atoms with Gasteiger partial charge in [0.05, 0.1) is 11.1 Å². The molecule has 0 saturated carbocycles. The first-order valence-corrected chi connectivity index (χ1v) is 12.6. The summed E-state index contributed by atoms with van der Waals surface area (Å²) in [6, 6.07) is 21.5. The van der Waals surface area contributed by atoms with Gasteiger partial charge in [-0.1, -0.05) is 58.4 Å². The Balaban J connectivity index is 1.71. The first kappa shape index (κ1) is 25.8. The highest BCUT2D eigenvalue weighted by molar-refractivity contribution is 9.10. The van der Waals surface area contributed by atoms with Crippen molar-refractivity contribution in [2.24, 2.45) is 0 Å². The van der Waals surface area contributed by atoms with E-state index in [-0.39, 0.29) is 36.3 Å². The van der Waals surface area contributed by atoms with Crippen molar-refractivity contribution in [2.45, 2.75) is 32.9 Å². The molecule has 0 aliphatic rings. The van der Waals surface area contributed by atoms with Crippen molar-refractivity contribution in [3.8, 4) is 11.6 Å². The first-order chi connectivity index (χ1) is 17.2. The van der Waals surface area contributed by atoms with E-state index in [1.165, 1.54) is 10.9 Å². The van der Waals surface area contributed by atoms with E-state index in [0.717, 1.165) is 15.6 Å². The Morgan fingerprint density at radius 1 is 1.06 bits per heavy atom. The zero-order valence-electron chi connectivity index (χ0n) is 19.9. The fourth-order valence-electron chi connectivity index (χ4n) is 3.93. The van der Waals surface area contributed by atoms with Crippen LogP contribution in [-0.2, 0) is 21.7 Å². The molecule has 0 saturated heterocycles. The van der Waals surface area contributed by atoms with Gasteiger partial charge in [-0.25, -0.2) is 8.77 Å². The molecule has 36 heavy (non-hydrogen) atoms. The second kappa shape index (κ2) is 10.8. The Kier molecular flexibility index (Phi) is 7.70. The number of hydrogen-bond acceptors (Lipinski definition) is 5. The number of carbonyl (C=O) groups is 2. The van der Waals surface area contributed by atoms with Gasteiger partial charge in [0, 0.05) is 16.8 Å². The fourth-order valence-corrected chi connectivity index (χ4v) is 4.71. The minimum atomic E-state index is -0.631. The number of amides is 1. The monoisotopic (exact) mass is 570 g/mol. The van der Waals surface area contributed by atoms with E-state index in [1.807, 2.05) is 56.3 Å². The highest BCUT2D eigenvalue weighted by atomic mass is 79.9. The SMILES string of the molecule is CC(=O)NC(C)(C)c1ccc(Oc2c(C(=O)OCc3ccccc3)c3cc(Br)ccc3n2SF)cc1. The molecule has 0 atom stereocenters. The smallest absolute Gasteiger partial charge is 0.344 e. The number of fused-ring (bicyclic) bond motifs is 1. The molecule has 0 bridgehead atoms. The van der Waals surface area contributed by atoms with Gasteiger partial charge in [0.1, 0.15) is 17.9 Å². The van der Waals surface area contributed by atoms with Gasteiger partial charge < -0.3 is 14.8 Å². The van der Waals surface area contributed by atoms with Gasteiger partial charge >= 0.3 is 5.97 Å². The number of rotatable bonds is 8. The summed E-state index contributed by atoms with van der Waals surface area (Å²) < 4.78 is 27.8. The van der Waals surface area contributed by atoms with E-state index in [0.29, 0.717) is 16.7 Å². The van der Waals surface area contributed by atoms with Gasteiger partial charge in [-0.05, 0) is 55.3 Å². The summed E-state index contributed by atoms with van der Waals surface area (Å²) in [5.41, 5.74) is 1.69. The highest BCUT2D eigenvalue weighted by Crippen LogP contribution is 2.40. The molecule has 1 amide bonds. The highest BCUT2D eigenvalue weighted by Gasteiger charge is 2.28. The number of ether oxygens (including phenoxy) is 2. The molecule has 3 aromatic carbocycles. The van der Waals surface area contributed by atoms with Gasteiger partial charge in [0.15, 0.2) is 12.3 Å². The zero-order chi connectivity index (χ0) is 25.9. The number of aromatic nitrogens is 1. The lowest BCUT2D eigenvalue weighted by Gasteiger charge is -2.26. The van der Waals surface area contributed by atoms with Crippen molar-refractivity contribution in [3.63, 3.8) is 0 Å². The van der Waals surface area contributed by atoms with E-state index in [9.17, 15) is 13.5 Å². The van der Waals surface area contributed by atoms with Crippen LogP contribution in [0.3, 0.4) is 0 Å². The summed E-state index contributed by atoms with van der Waals surface area (Å²) in [5, 5.41) is 3.39. The van der Waals surface area contributed by atoms with E-state index in [2.05, 4.69) is 21.2 Å². The molecule has 1 aromatic heterocycles. The molecule has 4 aromatic rings. The van der Waals surface area contributed by atoms with Crippen molar-refractivity contribution in [1.29, 1.82) is 0 Å². The summed E-state index contributed by atoms with van der Waals surface area (Å²) in [4.78, 5) is 24.8. The van der Waals surface area contributed by atoms with E-state index in [4.69, 9.17) is 9.47 Å². The average Bonchev–Trinajstić information content (AvgIpc) is 3.14. The van der Waals surface area contributed by atoms with Crippen LogP contribution >= 0.6 is 28.3 Å². The summed E-state index contributed by atoms with van der Waals surface area (Å²) >= 11 is 3.36. The van der Waals surface area contributed by atoms with Crippen LogP contribution in [0, 0.1) is 0 Å². The van der Waals surface area contributed by atoms with Crippen molar-refractivity contribution >= 4 is 51.0 Å². The third-order valence-electron chi connectivity index (χ3n) is 5.61. The number of nitrogens with zero attached hydrogens (tertiary/aromatic N) is 1. The van der Waals surface area contributed by atoms with Crippen molar-refractivity contribution < 1.29 is 22.9 Å². The van der Waals surface area contributed by atoms with E-state index < -0.39 is 11.5 Å². The predicted octanol–water partition coefficient (Wildman–Crippen LogP) is 7.31. The molecule has 4 rings (SSSR count). The summed E-state index contributed by atoms with van der Waals surface area (Å²) in [5.74, 6) is -0.364. The molecule has 0 spiro atoms. The lowest BCUT2D eigenvalue weighted by Crippen LogP contribution is -2.39. The maximum Gasteiger partial charge on any atom is 0.344 e. The van der Waals surface area contributed by atoms with E-state index in [1.54, 1.807) is 30.3 Å². The first-order valence-electron chi connectivity index (χ1n) is 11.1. The second-order valence-corrected chi connectivity index (χ2v) is 10.1. The summed E-state index contributed by atoms with van der Waals surface area (Å²) in [6.07, 6.45) is 0. The second-order valence-electron chi connectivity index (χ2n) is 8.70. The standard InChI is InChI=1S/C27H24BrFN2O4S/c1-17(32)30-27(2,3)19-9-12-21(13-10-19)35-25-24(26(33)34-16-18-7-5-4-6-8-18)22-15-20(28)11-14-23(22)31(25)36-29/h4-15H,16H2,1-3H3,(H,30,32). The molecule has 6 nitrogen and oxygen atoms in total. The van der Waals surface area contributed by atoms with Gasteiger partial charge in [0.25, 0.3) is 0 Å². The molecule has 0 aliphatic carbocycles. The molecule has 0 radical (unpaired) electrons. The molecule has 1 heterocycles. The van der Waals surface area contributed by atoms with Gasteiger partial charge in [0.2, 0.25) is 11.8 Å². The van der Waals surface area contributed by atoms with Crippen LogP contribution in [0.4, 0.5) is 3.89 Å². The van der Waals surface area contributed by atoms with Crippen LogP contribution in [0.2, 0.25) is 0 Å². The fraction of sp³-hybridized carbons (Fsp3) is 0.185. The molecular weight excluding hydrogens is 547 g/mol. The third-order valence-corrected chi connectivity index (χ3v) is 6.60. The van der Waals surface area contributed by atoms with Crippen LogP contribution in [0.1, 0.15) is 42.3 Å². The van der Waals surface area contributed by atoms with Gasteiger partial charge in [-0.3, -0.25) is 4.79 Å². The minimum absolute atomic E-state index is 0.0162. The maximum absolute atomic E-state index is 14.2. The molecule has 9 heteroatoms. The van der Waals surface area contributed by atoms with E-state index >= 15 is 0 Å². The molecule has 0 unspecified atom stereocenters. The number of nitrogens with one attached hydrogen (secondary N) is 1. The van der Waals surface area contributed by atoms with Gasteiger partial charge in [-0.2, -0.15) is 0 Å². The quantitative estimate of drug-likeness (QED) is 0.225. The van der Waals surface area contributed by atoms with Crippen LogP contribution < -0.4 is 10.1 Å². The van der Waals surface area contributed by atoms with Gasteiger partial charge in [-0.15, -0.1) is 3.89 Å². The van der Waals surface area contributed by atoms with Crippen molar-refractivity contribution in [2.75, 3.05) is 0 Å². The number of halogens is 2. The maximum atomic E-state index is 14.2. The Labute approximate surface area is 221 Å². The van der Waals surface area contributed by atoms with Crippen molar-refractivity contribution in [3.05, 3.63) is 94.0 Å². The third kappa shape index (κ3) is 5.57. The molecule has 0 fully saturated rings.